The first-order valence-corrected chi connectivity index (χ1v) is 7.64. The maximum atomic E-state index is 13.0. The van der Waals surface area contributed by atoms with Crippen molar-refractivity contribution < 1.29 is 4.39 Å². The lowest BCUT2D eigenvalue weighted by molar-refractivity contribution is 0.279. The molecule has 1 saturated heterocycles. The Balaban J connectivity index is 2.03. The van der Waals surface area contributed by atoms with Gasteiger partial charge in [-0.3, -0.25) is 0 Å². The number of benzene rings is 1. The molecule has 0 spiro atoms. The minimum Gasteiger partial charge on any atom is -0.378 e. The molecular formula is C16H26FN3. The molecule has 0 bridgehead atoms. The van der Waals surface area contributed by atoms with Crippen molar-refractivity contribution in [2.24, 2.45) is 5.73 Å². The van der Waals surface area contributed by atoms with Crippen LogP contribution in [0.15, 0.2) is 24.3 Å². The lowest BCUT2D eigenvalue weighted by Gasteiger charge is -2.34. The van der Waals surface area contributed by atoms with E-state index < -0.39 is 0 Å². The number of nitrogens with two attached hydrogens (primary N) is 1. The molecule has 4 heteroatoms. The number of hydrogen-bond acceptors (Lipinski definition) is 3. The number of hydrogen-bond donors (Lipinski definition) is 2. The van der Waals surface area contributed by atoms with Gasteiger partial charge in [-0.2, -0.15) is 0 Å². The molecule has 2 rings (SSSR count). The topological polar surface area (TPSA) is 41.3 Å². The summed E-state index contributed by atoms with van der Waals surface area (Å²) >= 11 is 0. The van der Waals surface area contributed by atoms with Gasteiger partial charge in [0, 0.05) is 18.8 Å². The van der Waals surface area contributed by atoms with Crippen molar-refractivity contribution in [1.82, 2.24) is 4.90 Å². The van der Waals surface area contributed by atoms with Crippen LogP contribution in [0.25, 0.3) is 0 Å². The van der Waals surface area contributed by atoms with E-state index in [-0.39, 0.29) is 11.4 Å². The van der Waals surface area contributed by atoms with Crippen molar-refractivity contribution in [3.63, 3.8) is 0 Å². The van der Waals surface area contributed by atoms with Gasteiger partial charge >= 0.3 is 0 Å². The summed E-state index contributed by atoms with van der Waals surface area (Å²) in [6.07, 6.45) is 4.47. The third-order valence-electron chi connectivity index (χ3n) is 4.22. The van der Waals surface area contributed by atoms with E-state index in [2.05, 4.69) is 17.1 Å². The van der Waals surface area contributed by atoms with Crippen LogP contribution in [0.3, 0.4) is 0 Å². The number of anilines is 1. The quantitative estimate of drug-likeness (QED) is 0.871. The molecule has 0 amide bonds. The third-order valence-corrected chi connectivity index (χ3v) is 4.22. The van der Waals surface area contributed by atoms with Crippen molar-refractivity contribution in [2.75, 3.05) is 31.5 Å². The number of likely N-dealkylation sites (tertiary alicyclic amines) is 1. The molecule has 1 heterocycles. The lowest BCUT2D eigenvalue weighted by Crippen LogP contribution is -2.46. The summed E-state index contributed by atoms with van der Waals surface area (Å²) < 4.78 is 13.0. The number of rotatable bonds is 5. The van der Waals surface area contributed by atoms with E-state index in [1.807, 2.05) is 0 Å². The van der Waals surface area contributed by atoms with Crippen molar-refractivity contribution >= 4 is 5.69 Å². The van der Waals surface area contributed by atoms with E-state index in [1.54, 1.807) is 12.1 Å². The smallest absolute Gasteiger partial charge is 0.123 e. The molecule has 1 fully saturated rings. The molecule has 0 aliphatic carbocycles. The average Bonchev–Trinajstić information content (AvgIpc) is 2.66. The SMILES string of the molecule is CCCN1CCCC(CN)(Nc2ccc(F)cc2)CC1. The van der Waals surface area contributed by atoms with Crippen LogP contribution in [0.4, 0.5) is 10.1 Å². The van der Waals surface area contributed by atoms with Crippen LogP contribution in [0.2, 0.25) is 0 Å². The van der Waals surface area contributed by atoms with Crippen LogP contribution < -0.4 is 11.1 Å². The van der Waals surface area contributed by atoms with Gasteiger partial charge in [0.25, 0.3) is 0 Å². The van der Waals surface area contributed by atoms with Gasteiger partial charge in [0.05, 0.1) is 5.54 Å². The Morgan fingerprint density at radius 2 is 2.00 bits per heavy atom. The highest BCUT2D eigenvalue weighted by molar-refractivity contribution is 5.45. The molecule has 3 N–H and O–H groups in total. The molecule has 1 unspecified atom stereocenters. The van der Waals surface area contributed by atoms with Crippen LogP contribution in [0.5, 0.6) is 0 Å². The minimum absolute atomic E-state index is 0.0552. The van der Waals surface area contributed by atoms with Crippen LogP contribution in [-0.2, 0) is 0 Å². The fourth-order valence-electron chi connectivity index (χ4n) is 3.01. The van der Waals surface area contributed by atoms with E-state index in [0.717, 1.165) is 44.6 Å². The Labute approximate surface area is 121 Å². The van der Waals surface area contributed by atoms with Gasteiger partial charge in [0.2, 0.25) is 0 Å². The predicted octanol–water partition coefficient (Wildman–Crippen LogP) is 2.83. The van der Waals surface area contributed by atoms with E-state index >= 15 is 0 Å². The van der Waals surface area contributed by atoms with Gasteiger partial charge in [-0.05, 0) is 63.0 Å². The first-order valence-electron chi connectivity index (χ1n) is 7.64. The van der Waals surface area contributed by atoms with E-state index in [4.69, 9.17) is 5.73 Å². The second-order valence-corrected chi connectivity index (χ2v) is 5.81. The zero-order valence-corrected chi connectivity index (χ0v) is 12.4. The number of halogens is 1. The van der Waals surface area contributed by atoms with Crippen LogP contribution >= 0.6 is 0 Å². The Morgan fingerprint density at radius 1 is 1.25 bits per heavy atom. The van der Waals surface area contributed by atoms with E-state index in [0.29, 0.717) is 6.54 Å². The predicted molar refractivity (Wildman–Crippen MR) is 82.4 cm³/mol. The van der Waals surface area contributed by atoms with Gasteiger partial charge in [-0.1, -0.05) is 6.92 Å². The summed E-state index contributed by atoms with van der Waals surface area (Å²) in [6, 6.07) is 6.57. The highest BCUT2D eigenvalue weighted by Crippen LogP contribution is 2.26. The largest absolute Gasteiger partial charge is 0.378 e. The molecule has 1 aromatic rings. The zero-order valence-electron chi connectivity index (χ0n) is 12.4. The van der Waals surface area contributed by atoms with E-state index in [1.165, 1.54) is 18.6 Å². The monoisotopic (exact) mass is 279 g/mol. The summed E-state index contributed by atoms with van der Waals surface area (Å²) in [5.41, 5.74) is 6.95. The Hall–Kier alpha value is -1.13. The molecule has 1 aliphatic rings. The molecule has 20 heavy (non-hydrogen) atoms. The van der Waals surface area contributed by atoms with Crippen molar-refractivity contribution in [3.8, 4) is 0 Å². The molecular weight excluding hydrogens is 253 g/mol. The summed E-state index contributed by atoms with van der Waals surface area (Å²) in [4.78, 5) is 2.52. The molecule has 1 aromatic carbocycles. The highest BCUT2D eigenvalue weighted by atomic mass is 19.1. The van der Waals surface area contributed by atoms with Crippen LogP contribution in [0, 0.1) is 5.82 Å². The first-order chi connectivity index (χ1) is 9.67. The highest BCUT2D eigenvalue weighted by Gasteiger charge is 2.31. The normalized spacial score (nSPS) is 24.4. The van der Waals surface area contributed by atoms with Crippen LogP contribution in [-0.4, -0.2) is 36.6 Å². The molecule has 112 valence electrons. The molecule has 3 nitrogen and oxygen atoms in total. The summed E-state index contributed by atoms with van der Waals surface area (Å²) in [5, 5.41) is 3.56. The molecule has 0 aromatic heterocycles. The van der Waals surface area contributed by atoms with Crippen molar-refractivity contribution in [2.45, 2.75) is 38.1 Å². The zero-order chi connectivity index (χ0) is 14.4. The number of nitrogens with one attached hydrogen (secondary N) is 1. The Bertz CT molecular complexity index is 407. The summed E-state index contributed by atoms with van der Waals surface area (Å²) in [5.74, 6) is -0.202. The van der Waals surface area contributed by atoms with Gasteiger partial charge in [0.1, 0.15) is 5.82 Å². The Morgan fingerprint density at radius 3 is 2.65 bits per heavy atom. The average molecular weight is 279 g/mol. The lowest BCUT2D eigenvalue weighted by atomic mass is 9.90. The van der Waals surface area contributed by atoms with Gasteiger partial charge < -0.3 is 16.0 Å². The molecule has 1 aliphatic heterocycles. The standard InChI is InChI=1S/C16H26FN3/c1-2-10-20-11-3-8-16(13-18,9-12-20)19-15-6-4-14(17)5-7-15/h4-7,19H,2-3,8-13,18H2,1H3. The second kappa shape index (κ2) is 7.04. The first kappa shape index (κ1) is 15.3. The minimum atomic E-state index is -0.202. The maximum Gasteiger partial charge on any atom is 0.123 e. The van der Waals surface area contributed by atoms with Gasteiger partial charge in [-0.25, -0.2) is 4.39 Å². The molecule has 0 radical (unpaired) electrons. The van der Waals surface area contributed by atoms with Crippen molar-refractivity contribution in [3.05, 3.63) is 30.1 Å². The van der Waals surface area contributed by atoms with Gasteiger partial charge in [-0.15, -0.1) is 0 Å². The summed E-state index contributed by atoms with van der Waals surface area (Å²) in [7, 11) is 0. The maximum absolute atomic E-state index is 13.0. The third kappa shape index (κ3) is 3.93. The van der Waals surface area contributed by atoms with Crippen LogP contribution in [0.1, 0.15) is 32.6 Å². The van der Waals surface area contributed by atoms with E-state index in [9.17, 15) is 4.39 Å². The molecule has 0 saturated carbocycles. The van der Waals surface area contributed by atoms with Crippen molar-refractivity contribution in [1.29, 1.82) is 0 Å². The van der Waals surface area contributed by atoms with Gasteiger partial charge in [0.15, 0.2) is 0 Å². The Kier molecular flexibility index (Phi) is 5.38. The fourth-order valence-corrected chi connectivity index (χ4v) is 3.01. The summed E-state index contributed by atoms with van der Waals surface area (Å²) in [6.45, 7) is 6.24. The second-order valence-electron chi connectivity index (χ2n) is 5.81. The molecule has 1 atom stereocenters. The fraction of sp³-hybridized carbons (Fsp3) is 0.625. The number of nitrogens with zero attached hydrogens (tertiary/aromatic N) is 1.